The van der Waals surface area contributed by atoms with Crippen molar-refractivity contribution in [2.75, 3.05) is 5.32 Å². The summed E-state index contributed by atoms with van der Waals surface area (Å²) in [5.41, 5.74) is 2.10. The van der Waals surface area contributed by atoms with Crippen molar-refractivity contribution in [3.8, 4) is 0 Å². The lowest BCUT2D eigenvalue weighted by molar-refractivity contribution is 0.533. The van der Waals surface area contributed by atoms with Crippen LogP contribution in [-0.4, -0.2) is 9.97 Å². The summed E-state index contributed by atoms with van der Waals surface area (Å²) >= 11 is 8.48. The number of thiocarbonyl (C=S) groups is 1. The normalized spacial score (nSPS) is 10.3. The van der Waals surface area contributed by atoms with Crippen LogP contribution in [-0.2, 0) is 0 Å². The summed E-state index contributed by atoms with van der Waals surface area (Å²) in [5, 5.41) is 3.06. The maximum absolute atomic E-state index is 5.36. The van der Waals surface area contributed by atoms with Crippen molar-refractivity contribution in [1.29, 1.82) is 0 Å². The number of rotatable bonds is 2. The summed E-state index contributed by atoms with van der Waals surface area (Å²) in [4.78, 5) is 4.88. The van der Waals surface area contributed by atoms with Gasteiger partial charge in [-0.05, 0) is 59.6 Å². The number of aryl methyl sites for hydroxylation is 2. The number of hydrogen-bond acceptors (Lipinski definition) is 3. The molecule has 2 aromatic heterocycles. The van der Waals surface area contributed by atoms with E-state index in [1.807, 2.05) is 32.0 Å². The van der Waals surface area contributed by atoms with Gasteiger partial charge in [-0.3, -0.25) is 0 Å². The molecule has 0 aromatic carbocycles. The molecule has 0 radical (unpaired) electrons. The van der Waals surface area contributed by atoms with E-state index in [1.54, 1.807) is 6.07 Å². The minimum Gasteiger partial charge on any atom is -0.447 e. The monoisotopic (exact) mass is 310 g/mol. The first-order valence-electron chi connectivity index (χ1n) is 5.06. The van der Waals surface area contributed by atoms with Gasteiger partial charge in [0.1, 0.15) is 10.8 Å². The molecule has 2 heterocycles. The third-order valence-electron chi connectivity index (χ3n) is 2.14. The van der Waals surface area contributed by atoms with E-state index in [1.165, 1.54) is 0 Å². The molecule has 3 nitrogen and oxygen atoms in total. The molecule has 0 aliphatic heterocycles. The average molecular weight is 311 g/mol. The summed E-state index contributed by atoms with van der Waals surface area (Å²) in [7, 11) is 0. The molecular formula is C12H11BrN2OS. The van der Waals surface area contributed by atoms with E-state index in [-0.39, 0.29) is 0 Å². The zero-order chi connectivity index (χ0) is 12.4. The van der Waals surface area contributed by atoms with Crippen LogP contribution in [0.1, 0.15) is 17.0 Å². The second-order valence-corrected chi connectivity index (χ2v) is 4.92. The molecule has 17 heavy (non-hydrogen) atoms. The Hall–Kier alpha value is -1.20. The SMILES string of the molecule is Cc1cc(C)nc(NC(=S)c2ccc(Br)o2)c1. The van der Waals surface area contributed by atoms with Crippen molar-refractivity contribution in [2.45, 2.75) is 13.8 Å². The van der Waals surface area contributed by atoms with Crippen LogP contribution in [0.25, 0.3) is 0 Å². The predicted molar refractivity (Wildman–Crippen MR) is 75.4 cm³/mol. The van der Waals surface area contributed by atoms with Gasteiger partial charge in [0.05, 0.1) is 0 Å². The van der Waals surface area contributed by atoms with Gasteiger partial charge in [-0.15, -0.1) is 0 Å². The van der Waals surface area contributed by atoms with Crippen molar-refractivity contribution in [3.05, 3.63) is 46.0 Å². The number of nitrogens with one attached hydrogen (secondary N) is 1. The summed E-state index contributed by atoms with van der Waals surface area (Å²) in [5.74, 6) is 1.35. The Morgan fingerprint density at radius 2 is 2.12 bits per heavy atom. The van der Waals surface area contributed by atoms with Gasteiger partial charge in [0, 0.05) is 5.69 Å². The Bertz CT molecular complexity index is 545. The molecule has 2 aromatic rings. The molecule has 0 atom stereocenters. The van der Waals surface area contributed by atoms with Gasteiger partial charge in [-0.1, -0.05) is 12.2 Å². The van der Waals surface area contributed by atoms with Crippen LogP contribution in [0.4, 0.5) is 5.82 Å². The smallest absolute Gasteiger partial charge is 0.170 e. The van der Waals surface area contributed by atoms with E-state index < -0.39 is 0 Å². The summed E-state index contributed by atoms with van der Waals surface area (Å²) < 4.78 is 6.02. The minimum atomic E-state index is 0.521. The maximum Gasteiger partial charge on any atom is 0.170 e. The molecule has 5 heteroatoms. The van der Waals surface area contributed by atoms with Crippen molar-refractivity contribution in [1.82, 2.24) is 4.98 Å². The third kappa shape index (κ3) is 3.14. The molecular weight excluding hydrogens is 300 g/mol. The number of aromatic nitrogens is 1. The van der Waals surface area contributed by atoms with Crippen LogP contribution >= 0.6 is 28.1 Å². The quantitative estimate of drug-likeness (QED) is 0.855. The zero-order valence-corrected chi connectivity index (χ0v) is 11.9. The zero-order valence-electron chi connectivity index (χ0n) is 9.45. The molecule has 0 saturated carbocycles. The van der Waals surface area contributed by atoms with Gasteiger partial charge < -0.3 is 9.73 Å². The summed E-state index contributed by atoms with van der Waals surface area (Å²) in [6.45, 7) is 3.97. The van der Waals surface area contributed by atoms with Crippen LogP contribution in [0.15, 0.2) is 33.4 Å². The number of furan rings is 1. The van der Waals surface area contributed by atoms with Gasteiger partial charge in [0.25, 0.3) is 0 Å². The number of pyridine rings is 1. The second-order valence-electron chi connectivity index (χ2n) is 3.73. The highest BCUT2D eigenvalue weighted by atomic mass is 79.9. The predicted octanol–water partition coefficient (Wildman–Crippen LogP) is 3.84. The average Bonchev–Trinajstić information content (AvgIpc) is 2.63. The highest BCUT2D eigenvalue weighted by Crippen LogP contribution is 2.16. The largest absolute Gasteiger partial charge is 0.447 e. The second kappa shape index (κ2) is 4.98. The molecule has 0 bridgehead atoms. The topological polar surface area (TPSA) is 38.1 Å². The molecule has 0 aliphatic rings. The highest BCUT2D eigenvalue weighted by Gasteiger charge is 2.07. The van der Waals surface area contributed by atoms with Crippen molar-refractivity contribution < 1.29 is 4.42 Å². The Morgan fingerprint density at radius 3 is 2.71 bits per heavy atom. The first kappa shape index (κ1) is 12.3. The number of anilines is 1. The van der Waals surface area contributed by atoms with Crippen molar-refractivity contribution >= 4 is 39.0 Å². The molecule has 1 N–H and O–H groups in total. The Kier molecular flexibility index (Phi) is 3.59. The van der Waals surface area contributed by atoms with Crippen molar-refractivity contribution in [2.24, 2.45) is 0 Å². The Morgan fingerprint density at radius 1 is 1.35 bits per heavy atom. The lowest BCUT2D eigenvalue weighted by Gasteiger charge is -2.06. The fourth-order valence-electron chi connectivity index (χ4n) is 1.52. The molecule has 0 aliphatic carbocycles. The maximum atomic E-state index is 5.36. The van der Waals surface area contributed by atoms with E-state index in [9.17, 15) is 0 Å². The highest BCUT2D eigenvalue weighted by molar-refractivity contribution is 9.10. The van der Waals surface area contributed by atoms with Gasteiger partial charge >= 0.3 is 0 Å². The molecule has 2 rings (SSSR count). The summed E-state index contributed by atoms with van der Waals surface area (Å²) in [6, 6.07) is 7.56. The fourth-order valence-corrected chi connectivity index (χ4v) is 2.04. The molecule has 0 fully saturated rings. The van der Waals surface area contributed by atoms with E-state index in [2.05, 4.69) is 26.2 Å². The fraction of sp³-hybridized carbons (Fsp3) is 0.167. The van der Waals surface area contributed by atoms with Crippen molar-refractivity contribution in [3.63, 3.8) is 0 Å². The van der Waals surface area contributed by atoms with E-state index in [0.29, 0.717) is 15.4 Å². The molecule has 88 valence electrons. The molecule has 0 amide bonds. The van der Waals surface area contributed by atoms with Crippen LogP contribution in [0, 0.1) is 13.8 Å². The lowest BCUT2D eigenvalue weighted by Crippen LogP contribution is -2.11. The number of hydrogen-bond donors (Lipinski definition) is 1. The van der Waals surface area contributed by atoms with Crippen LogP contribution in [0.3, 0.4) is 0 Å². The van der Waals surface area contributed by atoms with Crippen LogP contribution < -0.4 is 5.32 Å². The number of nitrogens with zero attached hydrogens (tertiary/aromatic N) is 1. The standard InChI is InChI=1S/C12H11BrN2OS/c1-7-5-8(2)14-11(6-7)15-12(17)9-3-4-10(13)16-9/h3-6H,1-2H3,(H,14,15,17). The van der Waals surface area contributed by atoms with Crippen LogP contribution in [0.2, 0.25) is 0 Å². The lowest BCUT2D eigenvalue weighted by atomic mass is 10.2. The van der Waals surface area contributed by atoms with Gasteiger partial charge in [0.2, 0.25) is 0 Å². The molecule has 0 spiro atoms. The van der Waals surface area contributed by atoms with Gasteiger partial charge in [-0.25, -0.2) is 4.98 Å². The third-order valence-corrected chi connectivity index (χ3v) is 2.87. The Balaban J connectivity index is 2.18. The van der Waals surface area contributed by atoms with E-state index in [4.69, 9.17) is 16.6 Å². The van der Waals surface area contributed by atoms with Gasteiger partial charge in [-0.2, -0.15) is 0 Å². The van der Waals surface area contributed by atoms with Gasteiger partial charge in [0.15, 0.2) is 10.4 Å². The first-order chi connectivity index (χ1) is 8.04. The Labute approximate surface area is 113 Å². The first-order valence-corrected chi connectivity index (χ1v) is 6.27. The summed E-state index contributed by atoms with van der Waals surface area (Å²) in [6.07, 6.45) is 0. The van der Waals surface area contributed by atoms with E-state index in [0.717, 1.165) is 17.1 Å². The van der Waals surface area contributed by atoms with E-state index >= 15 is 0 Å². The van der Waals surface area contributed by atoms with Crippen LogP contribution in [0.5, 0.6) is 0 Å². The molecule has 0 saturated heterocycles. The molecule has 0 unspecified atom stereocenters. The minimum absolute atomic E-state index is 0.521. The number of halogens is 1.